The van der Waals surface area contributed by atoms with E-state index in [0.29, 0.717) is 17.9 Å². The second-order valence-electron chi connectivity index (χ2n) is 9.71. The van der Waals surface area contributed by atoms with Gasteiger partial charge >= 0.3 is 0 Å². The highest BCUT2D eigenvalue weighted by molar-refractivity contribution is 6.76. The normalized spacial score (nSPS) is 13.3. The molecule has 36 heavy (non-hydrogen) atoms. The molecule has 7 heteroatoms. The van der Waals surface area contributed by atoms with E-state index < -0.39 is 8.80 Å². The molecule has 4 aromatic rings. The minimum absolute atomic E-state index is 0.131. The SMILES string of the molecule is CC[SiH](CC)c1c(C(=O)Nc2ccc(N3CCC3)nc2)n(Cc2cccc(F)c2)c2ccc(C)cc12. The molecule has 1 saturated heterocycles. The zero-order valence-corrected chi connectivity index (χ0v) is 22.4. The number of halogens is 1. The maximum absolute atomic E-state index is 14.1. The molecule has 2 aromatic carbocycles. The van der Waals surface area contributed by atoms with Crippen molar-refractivity contribution in [1.82, 2.24) is 9.55 Å². The van der Waals surface area contributed by atoms with Crippen LogP contribution < -0.4 is 15.4 Å². The van der Waals surface area contributed by atoms with Gasteiger partial charge in [-0.2, -0.15) is 0 Å². The molecule has 0 aliphatic carbocycles. The number of benzene rings is 2. The summed E-state index contributed by atoms with van der Waals surface area (Å²) in [5.74, 6) is 0.544. The van der Waals surface area contributed by atoms with E-state index in [1.165, 1.54) is 23.2 Å². The summed E-state index contributed by atoms with van der Waals surface area (Å²) in [6, 6.07) is 19.1. The van der Waals surface area contributed by atoms with Crippen molar-refractivity contribution >= 4 is 42.3 Å². The first kappa shape index (κ1) is 24.3. The topological polar surface area (TPSA) is 50.2 Å². The second kappa shape index (κ2) is 10.3. The van der Waals surface area contributed by atoms with Crippen LogP contribution in [0.3, 0.4) is 0 Å². The minimum atomic E-state index is -1.42. The van der Waals surface area contributed by atoms with Gasteiger partial charge in [-0.25, -0.2) is 9.37 Å². The highest BCUT2D eigenvalue weighted by Gasteiger charge is 2.28. The molecule has 0 unspecified atom stereocenters. The Morgan fingerprint density at radius 1 is 1.08 bits per heavy atom. The Kier molecular flexibility index (Phi) is 6.92. The van der Waals surface area contributed by atoms with E-state index >= 15 is 0 Å². The third-order valence-corrected chi connectivity index (χ3v) is 10.7. The molecule has 1 aliphatic rings. The van der Waals surface area contributed by atoms with Gasteiger partial charge < -0.3 is 14.8 Å². The van der Waals surface area contributed by atoms with Crippen LogP contribution in [-0.4, -0.2) is 37.3 Å². The van der Waals surface area contributed by atoms with E-state index in [9.17, 15) is 9.18 Å². The van der Waals surface area contributed by atoms with Crippen molar-refractivity contribution in [1.29, 1.82) is 0 Å². The first-order valence-electron chi connectivity index (χ1n) is 12.9. The van der Waals surface area contributed by atoms with Crippen LogP contribution in [0.1, 0.15) is 41.9 Å². The van der Waals surface area contributed by atoms with Gasteiger partial charge in [0.05, 0.1) is 20.7 Å². The van der Waals surface area contributed by atoms with E-state index in [4.69, 9.17) is 0 Å². The lowest BCUT2D eigenvalue weighted by atomic mass is 10.2. The Hall–Kier alpha value is -3.45. The molecular formula is C29H33FN4OSi. The highest BCUT2D eigenvalue weighted by Crippen LogP contribution is 2.25. The summed E-state index contributed by atoms with van der Waals surface area (Å²) in [4.78, 5) is 20.8. The monoisotopic (exact) mass is 500 g/mol. The van der Waals surface area contributed by atoms with Crippen molar-refractivity contribution in [2.75, 3.05) is 23.3 Å². The van der Waals surface area contributed by atoms with Crippen molar-refractivity contribution in [3.05, 3.63) is 83.4 Å². The number of carbonyl (C=O) groups excluding carboxylic acids is 1. The van der Waals surface area contributed by atoms with Gasteiger partial charge in [0.1, 0.15) is 17.3 Å². The Labute approximate surface area is 213 Å². The average Bonchev–Trinajstić information content (AvgIpc) is 3.13. The maximum Gasteiger partial charge on any atom is 0.272 e. The van der Waals surface area contributed by atoms with Gasteiger partial charge in [-0.1, -0.05) is 49.7 Å². The number of carbonyl (C=O) groups is 1. The summed E-state index contributed by atoms with van der Waals surface area (Å²) in [5.41, 5.74) is 4.41. The number of fused-ring (bicyclic) bond motifs is 1. The summed E-state index contributed by atoms with van der Waals surface area (Å²) >= 11 is 0. The Morgan fingerprint density at radius 2 is 1.89 bits per heavy atom. The number of amides is 1. The van der Waals surface area contributed by atoms with Crippen molar-refractivity contribution < 1.29 is 9.18 Å². The molecule has 0 atom stereocenters. The molecule has 0 spiro atoms. The minimum Gasteiger partial charge on any atom is -0.356 e. The average molecular weight is 501 g/mol. The fourth-order valence-electron chi connectivity index (χ4n) is 5.21. The molecule has 2 aromatic heterocycles. The molecule has 0 bridgehead atoms. The molecule has 0 radical (unpaired) electrons. The van der Waals surface area contributed by atoms with E-state index in [2.05, 4.69) is 58.7 Å². The lowest BCUT2D eigenvalue weighted by Gasteiger charge is -2.31. The number of nitrogens with zero attached hydrogens (tertiary/aromatic N) is 3. The van der Waals surface area contributed by atoms with E-state index in [-0.39, 0.29) is 11.7 Å². The van der Waals surface area contributed by atoms with Gasteiger partial charge in [0.25, 0.3) is 5.91 Å². The molecular weight excluding hydrogens is 467 g/mol. The number of aryl methyl sites for hydroxylation is 1. The number of nitrogens with one attached hydrogen (secondary N) is 1. The lowest BCUT2D eigenvalue weighted by molar-refractivity contribution is 0.102. The van der Waals surface area contributed by atoms with Crippen LogP contribution in [0, 0.1) is 12.7 Å². The molecule has 1 aliphatic heterocycles. The lowest BCUT2D eigenvalue weighted by Crippen LogP contribution is -2.37. The van der Waals surface area contributed by atoms with E-state index in [1.807, 2.05) is 18.2 Å². The summed E-state index contributed by atoms with van der Waals surface area (Å²) in [5, 5.41) is 5.49. The van der Waals surface area contributed by atoms with Crippen LogP contribution >= 0.6 is 0 Å². The van der Waals surface area contributed by atoms with Crippen LogP contribution in [0.4, 0.5) is 15.9 Å². The first-order chi connectivity index (χ1) is 17.5. The zero-order chi connectivity index (χ0) is 25.2. The Bertz CT molecular complexity index is 1390. The molecule has 1 fully saturated rings. The third-order valence-electron chi connectivity index (χ3n) is 7.28. The first-order valence-corrected chi connectivity index (χ1v) is 15.1. The van der Waals surface area contributed by atoms with Crippen LogP contribution in [0.5, 0.6) is 0 Å². The molecule has 1 amide bonds. The molecule has 186 valence electrons. The summed E-state index contributed by atoms with van der Waals surface area (Å²) in [6.45, 7) is 9.04. The van der Waals surface area contributed by atoms with Gasteiger partial charge in [-0.05, 0) is 65.9 Å². The number of anilines is 2. The van der Waals surface area contributed by atoms with Gasteiger partial charge in [-0.15, -0.1) is 0 Å². The molecule has 5 rings (SSSR count). The summed E-state index contributed by atoms with van der Waals surface area (Å²) in [6.07, 6.45) is 2.93. The smallest absolute Gasteiger partial charge is 0.272 e. The molecule has 3 heterocycles. The van der Waals surface area contributed by atoms with E-state index in [1.54, 1.807) is 18.3 Å². The number of rotatable bonds is 8. The second-order valence-corrected chi connectivity index (χ2v) is 13.3. The predicted octanol–water partition coefficient (Wildman–Crippen LogP) is 5.47. The zero-order valence-electron chi connectivity index (χ0n) is 21.2. The summed E-state index contributed by atoms with van der Waals surface area (Å²) < 4.78 is 16.1. The van der Waals surface area contributed by atoms with Crippen LogP contribution in [0.25, 0.3) is 10.9 Å². The fraction of sp³-hybridized carbons (Fsp3) is 0.310. The van der Waals surface area contributed by atoms with Gasteiger partial charge in [0.15, 0.2) is 0 Å². The standard InChI is InChI=1S/C29H33FN4OSi/c1-4-36(5-2)28-24-16-20(3)10-12-25(24)34(19-21-8-6-9-22(30)17-21)27(28)29(35)32-23-11-13-26(31-18-23)33-14-7-15-33/h6,8-13,16-18,36H,4-5,7,14-15,19H2,1-3H3,(H,32,35). The van der Waals surface area contributed by atoms with Crippen molar-refractivity contribution in [2.24, 2.45) is 0 Å². The number of pyridine rings is 1. The third kappa shape index (κ3) is 4.67. The van der Waals surface area contributed by atoms with E-state index in [0.717, 1.165) is 47.5 Å². The van der Waals surface area contributed by atoms with Gasteiger partial charge in [0.2, 0.25) is 0 Å². The Morgan fingerprint density at radius 3 is 2.53 bits per heavy atom. The van der Waals surface area contributed by atoms with Crippen molar-refractivity contribution in [3.8, 4) is 0 Å². The van der Waals surface area contributed by atoms with Crippen molar-refractivity contribution in [3.63, 3.8) is 0 Å². The quantitative estimate of drug-likeness (QED) is 0.327. The summed E-state index contributed by atoms with van der Waals surface area (Å²) in [7, 11) is -1.42. The highest BCUT2D eigenvalue weighted by atomic mass is 28.3. The fourth-order valence-corrected chi connectivity index (χ4v) is 7.95. The van der Waals surface area contributed by atoms with Crippen LogP contribution in [0.2, 0.25) is 12.1 Å². The predicted molar refractivity (Wildman–Crippen MR) is 149 cm³/mol. The number of aromatic nitrogens is 2. The Balaban J connectivity index is 1.61. The van der Waals surface area contributed by atoms with Crippen LogP contribution in [0.15, 0.2) is 60.8 Å². The largest absolute Gasteiger partial charge is 0.356 e. The number of hydrogen-bond donors (Lipinski definition) is 1. The van der Waals surface area contributed by atoms with Crippen LogP contribution in [-0.2, 0) is 6.54 Å². The van der Waals surface area contributed by atoms with Crippen molar-refractivity contribution in [2.45, 2.75) is 45.8 Å². The number of hydrogen-bond acceptors (Lipinski definition) is 3. The van der Waals surface area contributed by atoms with Gasteiger partial charge in [-0.3, -0.25) is 4.79 Å². The maximum atomic E-state index is 14.1. The molecule has 1 N–H and O–H groups in total. The molecule has 0 saturated carbocycles. The van der Waals surface area contributed by atoms with Gasteiger partial charge in [0, 0.05) is 25.2 Å². The molecule has 5 nitrogen and oxygen atoms in total.